The van der Waals surface area contributed by atoms with Crippen molar-refractivity contribution in [2.45, 2.75) is 17.1 Å². The number of anilines is 2. The number of carbonyl (C=O) groups excluding carboxylic acids is 3. The van der Waals surface area contributed by atoms with E-state index in [2.05, 4.69) is 10.6 Å². The number of hydrogen-bond acceptors (Lipinski definition) is 6. The van der Waals surface area contributed by atoms with E-state index in [4.69, 9.17) is 9.15 Å². The summed E-state index contributed by atoms with van der Waals surface area (Å²) in [6.07, 6.45) is 1.44. The van der Waals surface area contributed by atoms with E-state index in [1.54, 1.807) is 55.5 Å². The Bertz CT molecular complexity index is 1300. The Kier molecular flexibility index (Phi) is 8.20. The molecule has 0 bridgehead atoms. The van der Waals surface area contributed by atoms with Crippen LogP contribution in [0.5, 0.6) is 0 Å². The Labute approximate surface area is 212 Å². The predicted molar refractivity (Wildman–Crippen MR) is 139 cm³/mol. The first-order chi connectivity index (χ1) is 17.5. The number of rotatable bonds is 9. The van der Waals surface area contributed by atoms with E-state index in [-0.39, 0.29) is 17.6 Å². The van der Waals surface area contributed by atoms with Gasteiger partial charge in [0.25, 0.3) is 5.91 Å². The third-order valence-corrected chi connectivity index (χ3v) is 6.38. The van der Waals surface area contributed by atoms with Crippen molar-refractivity contribution < 1.29 is 23.5 Å². The summed E-state index contributed by atoms with van der Waals surface area (Å²) < 4.78 is 10.1. The van der Waals surface area contributed by atoms with Crippen LogP contribution in [0, 0.1) is 0 Å². The van der Waals surface area contributed by atoms with Crippen LogP contribution in [0.1, 0.15) is 38.6 Å². The lowest BCUT2D eigenvalue weighted by Crippen LogP contribution is -2.19. The molecule has 0 aliphatic heterocycles. The normalized spacial score (nSPS) is 11.4. The van der Waals surface area contributed by atoms with Crippen LogP contribution in [0.2, 0.25) is 0 Å². The first kappa shape index (κ1) is 24.8. The highest BCUT2D eigenvalue weighted by Gasteiger charge is 2.22. The van der Waals surface area contributed by atoms with Gasteiger partial charge in [-0.05, 0) is 73.2 Å². The number of amides is 2. The minimum Gasteiger partial charge on any atom is -0.462 e. The molecule has 1 atom stereocenters. The molecule has 1 unspecified atom stereocenters. The average Bonchev–Trinajstić information content (AvgIpc) is 3.45. The van der Waals surface area contributed by atoms with Crippen molar-refractivity contribution in [3.05, 3.63) is 114 Å². The maximum Gasteiger partial charge on any atom is 0.338 e. The number of benzene rings is 3. The molecule has 182 valence electrons. The summed E-state index contributed by atoms with van der Waals surface area (Å²) in [5.41, 5.74) is 2.45. The standard InChI is InChI=1S/C28H24N2O5S/c1-2-34-28(33)20-10-12-21(13-11-20)30-27(32)25(19-7-4-3-5-8-19)36-23-16-14-22(15-17-23)29-26(31)24-9-6-18-35-24/h3-18,25H,2H2,1H3,(H,29,31)(H,30,32). The van der Waals surface area contributed by atoms with Gasteiger partial charge in [0.15, 0.2) is 5.76 Å². The second kappa shape index (κ2) is 11.9. The quantitative estimate of drug-likeness (QED) is 0.210. The molecule has 1 heterocycles. The summed E-state index contributed by atoms with van der Waals surface area (Å²) >= 11 is 1.39. The minimum absolute atomic E-state index is 0.203. The van der Waals surface area contributed by atoms with Gasteiger partial charge in [-0.1, -0.05) is 30.3 Å². The van der Waals surface area contributed by atoms with Crippen molar-refractivity contribution in [2.24, 2.45) is 0 Å². The van der Waals surface area contributed by atoms with E-state index in [1.165, 1.54) is 18.0 Å². The number of furan rings is 1. The van der Waals surface area contributed by atoms with E-state index in [1.807, 2.05) is 42.5 Å². The maximum absolute atomic E-state index is 13.3. The zero-order chi connectivity index (χ0) is 25.3. The number of carbonyl (C=O) groups is 3. The molecule has 0 radical (unpaired) electrons. The molecule has 0 aliphatic carbocycles. The van der Waals surface area contributed by atoms with Crippen LogP contribution >= 0.6 is 11.8 Å². The van der Waals surface area contributed by atoms with Gasteiger partial charge in [-0.2, -0.15) is 0 Å². The fraction of sp³-hybridized carbons (Fsp3) is 0.107. The predicted octanol–water partition coefficient (Wildman–Crippen LogP) is 6.18. The molecule has 8 heteroatoms. The van der Waals surface area contributed by atoms with Crippen molar-refractivity contribution in [1.29, 1.82) is 0 Å². The van der Waals surface area contributed by atoms with Crippen molar-refractivity contribution in [1.82, 2.24) is 0 Å². The summed E-state index contributed by atoms with van der Waals surface area (Å²) in [7, 11) is 0. The molecule has 0 spiro atoms. The van der Waals surface area contributed by atoms with Crippen LogP contribution in [0.25, 0.3) is 0 Å². The molecular formula is C28H24N2O5S. The van der Waals surface area contributed by atoms with Crippen LogP contribution in [0.15, 0.2) is 107 Å². The van der Waals surface area contributed by atoms with Crippen LogP contribution < -0.4 is 10.6 Å². The Morgan fingerprint density at radius 1 is 0.833 bits per heavy atom. The molecule has 36 heavy (non-hydrogen) atoms. The molecule has 0 saturated carbocycles. The Hall–Kier alpha value is -4.30. The van der Waals surface area contributed by atoms with E-state index < -0.39 is 11.2 Å². The van der Waals surface area contributed by atoms with E-state index in [9.17, 15) is 14.4 Å². The van der Waals surface area contributed by atoms with Crippen LogP contribution in [-0.2, 0) is 9.53 Å². The van der Waals surface area contributed by atoms with Crippen molar-refractivity contribution in [3.63, 3.8) is 0 Å². The summed E-state index contributed by atoms with van der Waals surface area (Å²) in [6, 6.07) is 26.5. The van der Waals surface area contributed by atoms with Crippen molar-refractivity contribution in [2.75, 3.05) is 17.2 Å². The molecule has 3 aromatic carbocycles. The molecule has 2 N–H and O–H groups in total. The van der Waals surface area contributed by atoms with E-state index in [0.717, 1.165) is 10.5 Å². The number of thioether (sulfide) groups is 1. The highest BCUT2D eigenvalue weighted by atomic mass is 32.2. The monoisotopic (exact) mass is 500 g/mol. The fourth-order valence-electron chi connectivity index (χ4n) is 3.37. The fourth-order valence-corrected chi connectivity index (χ4v) is 4.39. The van der Waals surface area contributed by atoms with Gasteiger partial charge in [-0.25, -0.2) is 4.79 Å². The van der Waals surface area contributed by atoms with Crippen LogP contribution in [0.4, 0.5) is 11.4 Å². The van der Waals surface area contributed by atoms with Gasteiger partial charge in [0.05, 0.1) is 18.4 Å². The zero-order valence-corrected chi connectivity index (χ0v) is 20.3. The van der Waals surface area contributed by atoms with Gasteiger partial charge in [-0.3, -0.25) is 9.59 Å². The number of nitrogens with one attached hydrogen (secondary N) is 2. The Morgan fingerprint density at radius 3 is 2.14 bits per heavy atom. The Balaban J connectivity index is 1.46. The molecule has 7 nitrogen and oxygen atoms in total. The van der Waals surface area contributed by atoms with Gasteiger partial charge >= 0.3 is 5.97 Å². The molecule has 4 rings (SSSR count). The summed E-state index contributed by atoms with van der Waals surface area (Å²) in [4.78, 5) is 38.2. The summed E-state index contributed by atoms with van der Waals surface area (Å²) in [5, 5.41) is 5.18. The van der Waals surface area contributed by atoms with Crippen molar-refractivity contribution >= 4 is 40.9 Å². The first-order valence-electron chi connectivity index (χ1n) is 11.3. The topological polar surface area (TPSA) is 97.6 Å². The van der Waals surface area contributed by atoms with Crippen LogP contribution in [-0.4, -0.2) is 24.4 Å². The largest absolute Gasteiger partial charge is 0.462 e. The second-order valence-corrected chi connectivity index (χ2v) is 8.83. The third-order valence-electron chi connectivity index (χ3n) is 5.12. The zero-order valence-electron chi connectivity index (χ0n) is 19.5. The highest BCUT2D eigenvalue weighted by molar-refractivity contribution is 8.00. The lowest BCUT2D eigenvalue weighted by Gasteiger charge is -2.17. The highest BCUT2D eigenvalue weighted by Crippen LogP contribution is 2.36. The summed E-state index contributed by atoms with van der Waals surface area (Å²) in [5.74, 6) is -0.720. The smallest absolute Gasteiger partial charge is 0.338 e. The number of ether oxygens (including phenoxy) is 1. The van der Waals surface area contributed by atoms with Gasteiger partial charge in [0.1, 0.15) is 5.25 Å². The summed E-state index contributed by atoms with van der Waals surface area (Å²) in [6.45, 7) is 2.04. The molecule has 0 saturated heterocycles. The molecule has 1 aromatic heterocycles. The number of hydrogen-bond donors (Lipinski definition) is 2. The first-order valence-corrected chi connectivity index (χ1v) is 12.2. The van der Waals surface area contributed by atoms with Gasteiger partial charge in [-0.15, -0.1) is 11.8 Å². The van der Waals surface area contributed by atoms with Crippen molar-refractivity contribution in [3.8, 4) is 0 Å². The maximum atomic E-state index is 13.3. The van der Waals surface area contributed by atoms with E-state index in [0.29, 0.717) is 23.5 Å². The van der Waals surface area contributed by atoms with Crippen LogP contribution in [0.3, 0.4) is 0 Å². The minimum atomic E-state index is -0.528. The lowest BCUT2D eigenvalue weighted by atomic mass is 10.1. The second-order valence-electron chi connectivity index (χ2n) is 7.65. The molecule has 2 amide bonds. The van der Waals surface area contributed by atoms with E-state index >= 15 is 0 Å². The Morgan fingerprint density at radius 2 is 1.50 bits per heavy atom. The molecule has 0 aliphatic rings. The number of esters is 1. The molecule has 4 aromatic rings. The van der Waals surface area contributed by atoms with Gasteiger partial charge in [0.2, 0.25) is 5.91 Å². The lowest BCUT2D eigenvalue weighted by molar-refractivity contribution is -0.115. The van der Waals surface area contributed by atoms with Gasteiger partial charge < -0.3 is 19.8 Å². The average molecular weight is 501 g/mol. The molecule has 0 fully saturated rings. The third kappa shape index (κ3) is 6.43. The SMILES string of the molecule is CCOC(=O)c1ccc(NC(=O)C(Sc2ccc(NC(=O)c3ccco3)cc2)c2ccccc2)cc1. The molecular weight excluding hydrogens is 476 g/mol. The van der Waals surface area contributed by atoms with Gasteiger partial charge in [0, 0.05) is 16.3 Å².